The van der Waals surface area contributed by atoms with Gasteiger partial charge in [0.05, 0.1) is 11.1 Å². The fourth-order valence-electron chi connectivity index (χ4n) is 4.26. The van der Waals surface area contributed by atoms with Crippen molar-refractivity contribution in [2.75, 3.05) is 23.8 Å². The van der Waals surface area contributed by atoms with Crippen LogP contribution >= 0.6 is 0 Å². The van der Waals surface area contributed by atoms with E-state index in [0.717, 1.165) is 18.1 Å². The van der Waals surface area contributed by atoms with E-state index in [4.69, 9.17) is 5.10 Å². The van der Waals surface area contributed by atoms with Crippen molar-refractivity contribution in [1.29, 1.82) is 0 Å². The first kappa shape index (κ1) is 26.8. The van der Waals surface area contributed by atoms with Crippen LogP contribution in [0.25, 0.3) is 22.6 Å². The first-order valence-corrected chi connectivity index (χ1v) is 12.2. The molecule has 0 saturated carbocycles. The molecule has 3 heterocycles. The molecule has 0 fully saturated rings. The molecule has 3 aromatic heterocycles. The molecule has 0 bridgehead atoms. The number of carbonyl (C=O) groups is 1. The lowest BCUT2D eigenvalue weighted by molar-refractivity contribution is -0.138. The van der Waals surface area contributed by atoms with Crippen LogP contribution in [0.2, 0.25) is 0 Å². The van der Waals surface area contributed by atoms with Gasteiger partial charge in [-0.25, -0.2) is 4.98 Å². The molecule has 0 aliphatic carbocycles. The third-order valence-corrected chi connectivity index (χ3v) is 6.04. The Hall–Kier alpha value is -4.22. The Labute approximate surface area is 218 Å². The van der Waals surface area contributed by atoms with Gasteiger partial charge in [0.15, 0.2) is 5.82 Å². The fourth-order valence-corrected chi connectivity index (χ4v) is 4.26. The van der Waals surface area contributed by atoms with Crippen LogP contribution in [0, 0.1) is 0 Å². The number of nitrogens with one attached hydrogen (secondary N) is 1. The third-order valence-electron chi connectivity index (χ3n) is 6.04. The first-order valence-electron chi connectivity index (χ1n) is 12.2. The molecule has 38 heavy (non-hydrogen) atoms. The molecule has 0 amide bonds. The Morgan fingerprint density at radius 3 is 2.61 bits per heavy atom. The normalized spacial score (nSPS) is 11.6. The van der Waals surface area contributed by atoms with E-state index in [2.05, 4.69) is 27.4 Å². The summed E-state index contributed by atoms with van der Waals surface area (Å²) in [4.78, 5) is 17.8. The van der Waals surface area contributed by atoms with Gasteiger partial charge < -0.3 is 14.8 Å². The maximum atomic E-state index is 13.8. The molecule has 12 heteroatoms. The van der Waals surface area contributed by atoms with Crippen molar-refractivity contribution in [3.63, 3.8) is 0 Å². The minimum Gasteiger partial charge on any atom is -0.370 e. The molecule has 0 aliphatic heterocycles. The number of hydrogen-bond donors (Lipinski definition) is 1. The molecule has 0 unspecified atom stereocenters. The van der Waals surface area contributed by atoms with Crippen LogP contribution in [0.15, 0.2) is 42.9 Å². The number of aromatic nitrogens is 6. The highest BCUT2D eigenvalue weighted by Gasteiger charge is 2.34. The van der Waals surface area contributed by atoms with Crippen LogP contribution in [-0.4, -0.2) is 49.4 Å². The molecule has 4 aromatic rings. The zero-order valence-electron chi connectivity index (χ0n) is 21.6. The van der Waals surface area contributed by atoms with Crippen molar-refractivity contribution >= 4 is 17.9 Å². The first-order chi connectivity index (χ1) is 18.2. The zero-order valence-corrected chi connectivity index (χ0v) is 21.6. The molecule has 0 radical (unpaired) electrons. The summed E-state index contributed by atoms with van der Waals surface area (Å²) in [6, 6.07) is 7.22. The Morgan fingerprint density at radius 2 is 1.97 bits per heavy atom. The lowest BCUT2D eigenvalue weighted by Crippen LogP contribution is -2.22. The van der Waals surface area contributed by atoms with Crippen molar-refractivity contribution in [3.8, 4) is 22.6 Å². The molecule has 9 nitrogen and oxygen atoms in total. The van der Waals surface area contributed by atoms with E-state index < -0.39 is 11.7 Å². The molecule has 0 atom stereocenters. The van der Waals surface area contributed by atoms with Gasteiger partial charge in [-0.05, 0) is 37.1 Å². The Morgan fingerprint density at radius 1 is 1.18 bits per heavy atom. The summed E-state index contributed by atoms with van der Waals surface area (Å²) in [5.74, 6) is 1.59. The van der Waals surface area contributed by atoms with Crippen LogP contribution in [0.3, 0.4) is 0 Å². The summed E-state index contributed by atoms with van der Waals surface area (Å²) in [5.41, 5.74) is 1.16. The lowest BCUT2D eigenvalue weighted by atomic mass is 10.0. The number of benzene rings is 1. The summed E-state index contributed by atoms with van der Waals surface area (Å²) >= 11 is 0. The minimum absolute atomic E-state index is 0.0161. The van der Waals surface area contributed by atoms with Crippen LogP contribution in [0.1, 0.15) is 41.8 Å². The summed E-state index contributed by atoms with van der Waals surface area (Å²) in [7, 11) is 3.48. The number of aryl methyl sites for hydroxylation is 2. The summed E-state index contributed by atoms with van der Waals surface area (Å²) in [6.45, 7) is 5.09. The SMILES string of the molecule is CCCn1cc(-c2nncn2C)c(-c2cc(NCC)nc(N(C)Cc3c(C=O)cccc3C(F)(F)F)c2)n1. The van der Waals surface area contributed by atoms with Crippen molar-refractivity contribution in [3.05, 3.63) is 59.5 Å². The molecular weight excluding hydrogens is 497 g/mol. The van der Waals surface area contributed by atoms with Gasteiger partial charge in [-0.1, -0.05) is 19.1 Å². The highest BCUT2D eigenvalue weighted by atomic mass is 19.4. The van der Waals surface area contributed by atoms with E-state index in [1.165, 1.54) is 12.1 Å². The maximum absolute atomic E-state index is 13.8. The standard InChI is InChI=1S/C26H29F3N8O/c1-5-10-37-14-20(25-33-31-16-36(25)4)24(34-37)18-11-22(30-6-2)32-23(12-18)35(3)13-19-17(15-38)8-7-9-21(19)26(27,28)29/h7-9,11-12,14-16H,5-6,10,13H2,1-4H3,(H,30,32). The predicted octanol–water partition coefficient (Wildman–Crippen LogP) is 5.05. The van der Waals surface area contributed by atoms with Gasteiger partial charge in [0, 0.05) is 51.1 Å². The van der Waals surface area contributed by atoms with E-state index in [1.54, 1.807) is 28.9 Å². The van der Waals surface area contributed by atoms with Crippen LogP contribution < -0.4 is 10.2 Å². The van der Waals surface area contributed by atoms with Crippen LogP contribution in [0.4, 0.5) is 24.8 Å². The highest BCUT2D eigenvalue weighted by molar-refractivity contribution is 5.81. The number of carbonyl (C=O) groups excluding carboxylic acids is 1. The average Bonchev–Trinajstić information content (AvgIpc) is 3.49. The molecule has 0 saturated heterocycles. The quantitative estimate of drug-likeness (QED) is 0.289. The molecule has 1 N–H and O–H groups in total. The molecular formula is C26H29F3N8O. The molecule has 1 aromatic carbocycles. The smallest absolute Gasteiger partial charge is 0.370 e. The average molecular weight is 527 g/mol. The minimum atomic E-state index is -4.60. The summed E-state index contributed by atoms with van der Waals surface area (Å²) in [5, 5.41) is 16.2. The summed E-state index contributed by atoms with van der Waals surface area (Å²) < 4.78 is 44.9. The predicted molar refractivity (Wildman–Crippen MR) is 139 cm³/mol. The van der Waals surface area contributed by atoms with E-state index >= 15 is 0 Å². The largest absolute Gasteiger partial charge is 0.416 e. The number of anilines is 2. The van der Waals surface area contributed by atoms with Crippen LogP contribution in [-0.2, 0) is 26.3 Å². The van der Waals surface area contributed by atoms with Gasteiger partial charge in [-0.3, -0.25) is 9.48 Å². The number of nitrogens with zero attached hydrogens (tertiary/aromatic N) is 7. The third kappa shape index (κ3) is 5.53. The van der Waals surface area contributed by atoms with E-state index in [1.807, 2.05) is 30.9 Å². The van der Waals surface area contributed by atoms with Crippen molar-refractivity contribution < 1.29 is 18.0 Å². The van der Waals surface area contributed by atoms with Gasteiger partial charge in [-0.2, -0.15) is 18.3 Å². The second-order valence-electron chi connectivity index (χ2n) is 8.89. The monoisotopic (exact) mass is 526 g/mol. The number of aldehydes is 1. The van der Waals surface area contributed by atoms with Crippen molar-refractivity contribution in [1.82, 2.24) is 29.5 Å². The van der Waals surface area contributed by atoms with Crippen molar-refractivity contribution in [2.24, 2.45) is 7.05 Å². The van der Waals surface area contributed by atoms with E-state index in [0.29, 0.717) is 48.1 Å². The van der Waals surface area contributed by atoms with Gasteiger partial charge in [-0.15, -0.1) is 10.2 Å². The Kier molecular flexibility index (Phi) is 7.79. The maximum Gasteiger partial charge on any atom is 0.416 e. The second-order valence-corrected chi connectivity index (χ2v) is 8.89. The zero-order chi connectivity index (χ0) is 27.4. The number of rotatable bonds is 10. The molecule has 200 valence electrons. The van der Waals surface area contributed by atoms with Crippen LogP contribution in [0.5, 0.6) is 0 Å². The second kappa shape index (κ2) is 11.0. The summed E-state index contributed by atoms with van der Waals surface area (Å²) in [6.07, 6.45) is 0.241. The number of pyridine rings is 1. The Bertz CT molecular complexity index is 1430. The van der Waals surface area contributed by atoms with Gasteiger partial charge >= 0.3 is 6.18 Å². The molecule has 0 aliphatic rings. The number of alkyl halides is 3. The van der Waals surface area contributed by atoms with E-state index in [9.17, 15) is 18.0 Å². The van der Waals surface area contributed by atoms with E-state index in [-0.39, 0.29) is 17.7 Å². The van der Waals surface area contributed by atoms with Gasteiger partial charge in [0.1, 0.15) is 29.9 Å². The lowest BCUT2D eigenvalue weighted by Gasteiger charge is -2.23. The van der Waals surface area contributed by atoms with Gasteiger partial charge in [0.2, 0.25) is 0 Å². The number of hydrogen-bond acceptors (Lipinski definition) is 7. The topological polar surface area (TPSA) is 93.8 Å². The fraction of sp³-hybridized carbons (Fsp3) is 0.346. The van der Waals surface area contributed by atoms with Gasteiger partial charge in [0.25, 0.3) is 0 Å². The van der Waals surface area contributed by atoms with Crippen molar-refractivity contribution in [2.45, 2.75) is 39.5 Å². The number of halogens is 3. The molecule has 4 rings (SSSR count). The highest BCUT2D eigenvalue weighted by Crippen LogP contribution is 2.36. The Balaban J connectivity index is 1.82. The molecule has 0 spiro atoms.